The van der Waals surface area contributed by atoms with E-state index in [0.29, 0.717) is 17.8 Å². The summed E-state index contributed by atoms with van der Waals surface area (Å²) in [6.45, 7) is 3.47. The summed E-state index contributed by atoms with van der Waals surface area (Å²) in [6, 6.07) is 0. The van der Waals surface area contributed by atoms with Gasteiger partial charge in [0.05, 0.1) is 6.42 Å². The van der Waals surface area contributed by atoms with Crippen molar-refractivity contribution in [2.75, 3.05) is 0 Å². The van der Waals surface area contributed by atoms with E-state index in [9.17, 15) is 9.59 Å². The Hall–Kier alpha value is -1.38. The van der Waals surface area contributed by atoms with E-state index in [2.05, 4.69) is 0 Å². The van der Waals surface area contributed by atoms with Gasteiger partial charge in [-0.1, -0.05) is 5.57 Å². The van der Waals surface area contributed by atoms with Crippen molar-refractivity contribution in [1.29, 1.82) is 0 Å². The van der Waals surface area contributed by atoms with E-state index in [1.807, 2.05) is 6.92 Å². The molecule has 3 nitrogen and oxygen atoms in total. The molecule has 0 fully saturated rings. The molecule has 1 aliphatic heterocycles. The van der Waals surface area contributed by atoms with Gasteiger partial charge in [-0.2, -0.15) is 0 Å². The Morgan fingerprint density at radius 2 is 2.07 bits per heavy atom. The van der Waals surface area contributed by atoms with Gasteiger partial charge in [0.1, 0.15) is 5.76 Å². The summed E-state index contributed by atoms with van der Waals surface area (Å²) in [7, 11) is 0. The molecule has 0 aromatic carbocycles. The highest BCUT2D eigenvalue weighted by Crippen LogP contribution is 2.36. The van der Waals surface area contributed by atoms with Crippen LogP contribution in [-0.2, 0) is 14.3 Å². The second-order valence-corrected chi connectivity index (χ2v) is 4.13. The van der Waals surface area contributed by atoms with Gasteiger partial charge in [-0.15, -0.1) is 0 Å². The molecule has 0 saturated heterocycles. The Morgan fingerprint density at radius 3 is 2.73 bits per heavy atom. The fourth-order valence-corrected chi connectivity index (χ4v) is 2.19. The summed E-state index contributed by atoms with van der Waals surface area (Å²) in [5.41, 5.74) is 2.81. The largest absolute Gasteiger partial charge is 0.426 e. The number of fused-ring (bicyclic) bond motifs is 1. The second kappa shape index (κ2) is 3.65. The summed E-state index contributed by atoms with van der Waals surface area (Å²) in [5, 5.41) is 0. The van der Waals surface area contributed by atoms with Crippen molar-refractivity contribution in [3.05, 3.63) is 22.5 Å². The third kappa shape index (κ3) is 1.74. The topological polar surface area (TPSA) is 43.4 Å². The fraction of sp³-hybridized carbons (Fsp3) is 0.500. The van der Waals surface area contributed by atoms with Gasteiger partial charge in [0.15, 0.2) is 5.78 Å². The van der Waals surface area contributed by atoms with Crippen molar-refractivity contribution < 1.29 is 14.3 Å². The number of ketones is 1. The van der Waals surface area contributed by atoms with E-state index in [-0.39, 0.29) is 11.8 Å². The highest BCUT2D eigenvalue weighted by atomic mass is 16.5. The highest BCUT2D eigenvalue weighted by Gasteiger charge is 2.29. The minimum atomic E-state index is -0.244. The second-order valence-electron chi connectivity index (χ2n) is 4.13. The van der Waals surface area contributed by atoms with Crippen molar-refractivity contribution in [2.24, 2.45) is 0 Å². The maximum Gasteiger partial charge on any atom is 0.315 e. The van der Waals surface area contributed by atoms with Crippen molar-refractivity contribution in [1.82, 2.24) is 0 Å². The minimum absolute atomic E-state index is 0.0182. The molecule has 0 aromatic heterocycles. The molecule has 2 aliphatic rings. The summed E-state index contributed by atoms with van der Waals surface area (Å²) >= 11 is 0. The quantitative estimate of drug-likeness (QED) is 0.618. The molecule has 0 radical (unpaired) electrons. The SMILES string of the molecule is CC(=O)C1=C2OC(=O)CC(C)=C2CCC1. The molecular formula is C12H14O3. The zero-order chi connectivity index (χ0) is 11.0. The summed E-state index contributed by atoms with van der Waals surface area (Å²) in [6.07, 6.45) is 2.99. The van der Waals surface area contributed by atoms with E-state index in [4.69, 9.17) is 4.74 Å². The molecule has 0 aromatic rings. The van der Waals surface area contributed by atoms with Crippen LogP contribution in [0.4, 0.5) is 0 Å². The summed E-state index contributed by atoms with van der Waals surface area (Å²) in [5.74, 6) is 0.333. The van der Waals surface area contributed by atoms with Crippen LogP contribution in [0.1, 0.15) is 39.5 Å². The van der Waals surface area contributed by atoms with Gasteiger partial charge in [0.25, 0.3) is 0 Å². The Kier molecular flexibility index (Phi) is 2.47. The molecule has 3 heteroatoms. The normalized spacial score (nSPS) is 21.3. The van der Waals surface area contributed by atoms with Gasteiger partial charge in [-0.05, 0) is 38.7 Å². The summed E-state index contributed by atoms with van der Waals surface area (Å²) in [4.78, 5) is 22.7. The molecule has 1 heterocycles. The number of Topliss-reactive ketones (excluding diaryl/α,β-unsaturated/α-hetero) is 1. The third-order valence-electron chi connectivity index (χ3n) is 2.97. The molecule has 0 spiro atoms. The minimum Gasteiger partial charge on any atom is -0.426 e. The van der Waals surface area contributed by atoms with E-state index >= 15 is 0 Å². The number of ether oxygens (including phenoxy) is 1. The van der Waals surface area contributed by atoms with Gasteiger partial charge >= 0.3 is 5.97 Å². The first-order valence-electron chi connectivity index (χ1n) is 5.23. The van der Waals surface area contributed by atoms with Crippen molar-refractivity contribution in [3.8, 4) is 0 Å². The number of carbonyl (C=O) groups excluding carboxylic acids is 2. The Labute approximate surface area is 88.8 Å². The molecule has 0 N–H and O–H groups in total. The molecule has 15 heavy (non-hydrogen) atoms. The van der Waals surface area contributed by atoms with Crippen molar-refractivity contribution >= 4 is 11.8 Å². The van der Waals surface area contributed by atoms with Gasteiger partial charge in [-0.25, -0.2) is 0 Å². The average molecular weight is 206 g/mol. The van der Waals surface area contributed by atoms with Crippen LogP contribution in [0.5, 0.6) is 0 Å². The zero-order valence-electron chi connectivity index (χ0n) is 9.05. The van der Waals surface area contributed by atoms with E-state index in [0.717, 1.165) is 30.4 Å². The number of rotatable bonds is 1. The van der Waals surface area contributed by atoms with Crippen LogP contribution in [0.3, 0.4) is 0 Å². The highest BCUT2D eigenvalue weighted by molar-refractivity contribution is 5.95. The number of esters is 1. The number of hydrogen-bond acceptors (Lipinski definition) is 3. The lowest BCUT2D eigenvalue weighted by Crippen LogP contribution is -2.20. The fourth-order valence-electron chi connectivity index (χ4n) is 2.19. The van der Waals surface area contributed by atoms with Crippen LogP contribution >= 0.6 is 0 Å². The molecular weight excluding hydrogens is 192 g/mol. The van der Waals surface area contributed by atoms with Crippen molar-refractivity contribution in [3.63, 3.8) is 0 Å². The first kappa shape index (κ1) is 10.1. The Bertz CT molecular complexity index is 399. The number of hydrogen-bond donors (Lipinski definition) is 0. The van der Waals surface area contributed by atoms with Crippen molar-refractivity contribution in [2.45, 2.75) is 39.5 Å². The van der Waals surface area contributed by atoms with Crippen LogP contribution in [-0.4, -0.2) is 11.8 Å². The molecule has 1 aliphatic carbocycles. The lowest BCUT2D eigenvalue weighted by atomic mass is 9.87. The van der Waals surface area contributed by atoms with Crippen LogP contribution < -0.4 is 0 Å². The van der Waals surface area contributed by atoms with Crippen LogP contribution in [0, 0.1) is 0 Å². The first-order chi connectivity index (χ1) is 7.09. The average Bonchev–Trinajstić information content (AvgIpc) is 2.16. The molecule has 0 unspecified atom stereocenters. The van der Waals surface area contributed by atoms with Crippen LogP contribution in [0.15, 0.2) is 22.5 Å². The van der Waals surface area contributed by atoms with Crippen LogP contribution in [0.25, 0.3) is 0 Å². The summed E-state index contributed by atoms with van der Waals surface area (Å²) < 4.78 is 5.20. The Morgan fingerprint density at radius 1 is 1.33 bits per heavy atom. The van der Waals surface area contributed by atoms with Gasteiger partial charge in [-0.3, -0.25) is 9.59 Å². The third-order valence-corrected chi connectivity index (χ3v) is 2.97. The molecule has 2 rings (SSSR count). The lowest BCUT2D eigenvalue weighted by Gasteiger charge is -2.26. The van der Waals surface area contributed by atoms with E-state index in [1.54, 1.807) is 0 Å². The van der Waals surface area contributed by atoms with Crippen LogP contribution in [0.2, 0.25) is 0 Å². The molecule has 80 valence electrons. The molecule has 0 atom stereocenters. The van der Waals surface area contributed by atoms with Gasteiger partial charge < -0.3 is 4.74 Å². The first-order valence-corrected chi connectivity index (χ1v) is 5.23. The smallest absolute Gasteiger partial charge is 0.315 e. The molecule has 0 bridgehead atoms. The standard InChI is InChI=1S/C12H14O3/c1-7-6-11(14)15-12-9(7)4-3-5-10(12)8(2)13/h3-6H2,1-2H3. The predicted octanol–water partition coefficient (Wildman–Crippen LogP) is 2.28. The van der Waals surface area contributed by atoms with E-state index < -0.39 is 0 Å². The maximum atomic E-state index is 11.4. The van der Waals surface area contributed by atoms with Gasteiger partial charge in [0.2, 0.25) is 0 Å². The molecule has 0 amide bonds. The zero-order valence-corrected chi connectivity index (χ0v) is 9.05. The number of allylic oxidation sites excluding steroid dienone is 2. The number of carbonyl (C=O) groups is 2. The maximum absolute atomic E-state index is 11.4. The molecule has 0 saturated carbocycles. The monoisotopic (exact) mass is 206 g/mol. The Balaban J connectivity index is 2.53. The van der Waals surface area contributed by atoms with Gasteiger partial charge in [0, 0.05) is 5.57 Å². The lowest BCUT2D eigenvalue weighted by molar-refractivity contribution is -0.139. The predicted molar refractivity (Wildman–Crippen MR) is 55.0 cm³/mol. The van der Waals surface area contributed by atoms with E-state index in [1.165, 1.54) is 6.92 Å².